The van der Waals surface area contributed by atoms with Crippen LogP contribution in [-0.2, 0) is 6.54 Å². The van der Waals surface area contributed by atoms with Crippen molar-refractivity contribution in [3.8, 4) is 0 Å². The minimum atomic E-state index is -0.229. The molecule has 0 saturated heterocycles. The molecule has 0 fully saturated rings. The van der Waals surface area contributed by atoms with Gasteiger partial charge >= 0.3 is 5.69 Å². The van der Waals surface area contributed by atoms with Gasteiger partial charge in [0.05, 0.1) is 15.0 Å². The number of hydrogen-bond acceptors (Lipinski definition) is 5. The fourth-order valence-corrected chi connectivity index (χ4v) is 3.52. The zero-order chi connectivity index (χ0) is 14.5. The maximum absolute atomic E-state index is 12.0. The number of aromatic amines is 1. The first-order chi connectivity index (χ1) is 9.61. The van der Waals surface area contributed by atoms with Gasteiger partial charge in [-0.15, -0.1) is 16.4 Å². The molecule has 5 nitrogen and oxygen atoms in total. The van der Waals surface area contributed by atoms with E-state index in [0.29, 0.717) is 20.9 Å². The van der Waals surface area contributed by atoms with Crippen molar-refractivity contribution < 1.29 is 4.79 Å². The van der Waals surface area contributed by atoms with E-state index in [1.807, 2.05) is 0 Å². The van der Waals surface area contributed by atoms with Crippen molar-refractivity contribution in [2.75, 3.05) is 5.75 Å². The summed E-state index contributed by atoms with van der Waals surface area (Å²) in [6.07, 6.45) is 1.90. The smallest absolute Gasteiger partial charge is 0.292 e. The summed E-state index contributed by atoms with van der Waals surface area (Å²) in [6, 6.07) is 3.42. The highest BCUT2D eigenvalue weighted by atomic mass is 35.5. The second-order valence-corrected chi connectivity index (χ2v) is 6.79. The van der Waals surface area contributed by atoms with Gasteiger partial charge in [0.1, 0.15) is 0 Å². The van der Waals surface area contributed by atoms with E-state index in [2.05, 4.69) is 17.1 Å². The second-order valence-electron chi connectivity index (χ2n) is 4.13. The highest BCUT2D eigenvalue weighted by Crippen LogP contribution is 2.24. The van der Waals surface area contributed by atoms with Crippen LogP contribution in [0.15, 0.2) is 22.1 Å². The zero-order valence-electron chi connectivity index (χ0n) is 10.9. The van der Waals surface area contributed by atoms with Gasteiger partial charge in [0, 0.05) is 6.54 Å². The first-order valence-corrected chi connectivity index (χ1v) is 8.36. The van der Waals surface area contributed by atoms with Gasteiger partial charge in [-0.3, -0.25) is 9.36 Å². The Balaban J connectivity index is 2.00. The van der Waals surface area contributed by atoms with E-state index in [-0.39, 0.29) is 17.2 Å². The van der Waals surface area contributed by atoms with Crippen molar-refractivity contribution in [2.24, 2.45) is 0 Å². The summed E-state index contributed by atoms with van der Waals surface area (Å²) in [5.41, 5.74) is -0.229. The van der Waals surface area contributed by atoms with Gasteiger partial charge in [-0.05, 0) is 18.6 Å². The number of rotatable bonds is 7. The van der Waals surface area contributed by atoms with E-state index in [1.54, 1.807) is 16.7 Å². The van der Waals surface area contributed by atoms with Crippen LogP contribution >= 0.6 is 34.7 Å². The van der Waals surface area contributed by atoms with E-state index in [1.165, 1.54) is 23.1 Å². The average Bonchev–Trinajstić information content (AvgIpc) is 3.01. The van der Waals surface area contributed by atoms with Gasteiger partial charge in [0.2, 0.25) is 0 Å². The van der Waals surface area contributed by atoms with Crippen LogP contribution in [0, 0.1) is 0 Å². The predicted molar refractivity (Wildman–Crippen MR) is 82.1 cm³/mol. The lowest BCUT2D eigenvalue weighted by molar-refractivity contribution is 0.102. The molecular formula is C12H14ClN3O2S2. The number of halogens is 1. The number of nitrogens with zero attached hydrogens (tertiary/aromatic N) is 2. The third-order valence-corrected chi connectivity index (χ3v) is 4.89. The maximum atomic E-state index is 12.0. The van der Waals surface area contributed by atoms with Crippen molar-refractivity contribution in [3.63, 3.8) is 0 Å². The summed E-state index contributed by atoms with van der Waals surface area (Å²) in [4.78, 5) is 24.2. The van der Waals surface area contributed by atoms with Crippen LogP contribution in [0.25, 0.3) is 0 Å². The van der Waals surface area contributed by atoms with Crippen molar-refractivity contribution in [1.29, 1.82) is 0 Å². The molecule has 0 bridgehead atoms. The quantitative estimate of drug-likeness (QED) is 0.625. The van der Waals surface area contributed by atoms with Gasteiger partial charge < -0.3 is 0 Å². The summed E-state index contributed by atoms with van der Waals surface area (Å²) >= 11 is 8.33. The Labute approximate surface area is 129 Å². The highest BCUT2D eigenvalue weighted by molar-refractivity contribution is 7.99. The molecule has 1 N–H and O–H groups in total. The number of H-pyrrole nitrogens is 1. The molecule has 0 aromatic carbocycles. The molecule has 2 aromatic heterocycles. The standard InChI is InChI=1S/C12H14ClN3O2S2/c1-2-3-6-16-11(18)14-15-12(16)19-7-8(17)9-4-5-10(13)20-9/h4-5H,2-3,6-7H2,1H3,(H,14,18). The van der Waals surface area contributed by atoms with Crippen LogP contribution < -0.4 is 5.69 Å². The molecule has 2 aromatic rings. The number of thioether (sulfide) groups is 1. The molecule has 8 heteroatoms. The van der Waals surface area contributed by atoms with Crippen molar-refractivity contribution in [3.05, 3.63) is 31.8 Å². The lowest BCUT2D eigenvalue weighted by Gasteiger charge is -2.03. The van der Waals surface area contributed by atoms with E-state index in [0.717, 1.165) is 12.8 Å². The first-order valence-electron chi connectivity index (χ1n) is 6.18. The summed E-state index contributed by atoms with van der Waals surface area (Å²) < 4.78 is 2.17. The van der Waals surface area contributed by atoms with Gasteiger partial charge in [-0.25, -0.2) is 9.89 Å². The molecule has 2 rings (SSSR count). The van der Waals surface area contributed by atoms with Gasteiger partial charge in [0.15, 0.2) is 10.9 Å². The normalized spacial score (nSPS) is 10.9. The van der Waals surface area contributed by atoms with Crippen LogP contribution in [0.2, 0.25) is 4.34 Å². The predicted octanol–water partition coefficient (Wildman–Crippen LogP) is 3.06. The average molecular weight is 332 g/mol. The lowest BCUT2D eigenvalue weighted by atomic mass is 10.3. The Kier molecular flexibility index (Phi) is 5.45. The first kappa shape index (κ1) is 15.3. The molecule has 2 heterocycles. The third-order valence-electron chi connectivity index (χ3n) is 2.64. The number of unbranched alkanes of at least 4 members (excludes halogenated alkanes) is 1. The Morgan fingerprint density at radius 3 is 3.00 bits per heavy atom. The number of aromatic nitrogens is 3. The summed E-state index contributed by atoms with van der Waals surface area (Å²) in [6.45, 7) is 2.68. The van der Waals surface area contributed by atoms with E-state index in [4.69, 9.17) is 11.6 Å². The zero-order valence-corrected chi connectivity index (χ0v) is 13.3. The number of thiophene rings is 1. The summed E-state index contributed by atoms with van der Waals surface area (Å²) in [5.74, 6) is 0.233. The van der Waals surface area contributed by atoms with Crippen molar-refractivity contribution in [1.82, 2.24) is 14.8 Å². The summed E-state index contributed by atoms with van der Waals surface area (Å²) in [5, 5.41) is 6.93. The number of carbonyl (C=O) groups is 1. The molecular weight excluding hydrogens is 318 g/mol. The minimum Gasteiger partial charge on any atom is -0.292 e. The van der Waals surface area contributed by atoms with Crippen LogP contribution in [-0.4, -0.2) is 26.3 Å². The SMILES string of the molecule is CCCCn1c(SCC(=O)c2ccc(Cl)s2)n[nH]c1=O. The van der Waals surface area contributed by atoms with Crippen molar-refractivity contribution in [2.45, 2.75) is 31.5 Å². The Hall–Kier alpha value is -1.05. The number of carbonyl (C=O) groups excluding carboxylic acids is 1. The van der Waals surface area contributed by atoms with E-state index in [9.17, 15) is 9.59 Å². The van der Waals surface area contributed by atoms with Crippen LogP contribution in [0.4, 0.5) is 0 Å². The monoisotopic (exact) mass is 331 g/mol. The Morgan fingerprint density at radius 1 is 1.55 bits per heavy atom. The third kappa shape index (κ3) is 3.74. The molecule has 0 atom stereocenters. The molecule has 108 valence electrons. The lowest BCUT2D eigenvalue weighted by Crippen LogP contribution is -2.17. The Bertz CT molecular complexity index is 647. The molecule has 0 saturated carbocycles. The molecule has 0 spiro atoms. The number of hydrogen-bond donors (Lipinski definition) is 1. The number of Topliss-reactive ketones (excluding diaryl/α,β-unsaturated/α-hetero) is 1. The maximum Gasteiger partial charge on any atom is 0.343 e. The molecule has 0 aliphatic heterocycles. The van der Waals surface area contributed by atoms with Gasteiger partial charge in [-0.2, -0.15) is 0 Å². The van der Waals surface area contributed by atoms with E-state index >= 15 is 0 Å². The highest BCUT2D eigenvalue weighted by Gasteiger charge is 2.13. The van der Waals surface area contributed by atoms with Gasteiger partial charge in [0.25, 0.3) is 0 Å². The topological polar surface area (TPSA) is 67.8 Å². The fourth-order valence-electron chi connectivity index (χ4n) is 1.59. The van der Waals surface area contributed by atoms with Crippen LogP contribution in [0.1, 0.15) is 29.4 Å². The summed E-state index contributed by atoms with van der Waals surface area (Å²) in [7, 11) is 0. The number of ketones is 1. The molecule has 20 heavy (non-hydrogen) atoms. The molecule has 0 radical (unpaired) electrons. The van der Waals surface area contributed by atoms with Crippen LogP contribution in [0.3, 0.4) is 0 Å². The molecule has 0 aliphatic carbocycles. The van der Waals surface area contributed by atoms with Crippen molar-refractivity contribution >= 4 is 40.5 Å². The minimum absolute atomic E-state index is 0.00982. The molecule has 0 unspecified atom stereocenters. The number of nitrogens with one attached hydrogen (secondary N) is 1. The van der Waals surface area contributed by atoms with Gasteiger partial charge in [-0.1, -0.05) is 36.7 Å². The fraction of sp³-hybridized carbons (Fsp3) is 0.417. The molecule has 0 aliphatic rings. The molecule has 0 amide bonds. The largest absolute Gasteiger partial charge is 0.343 e. The second kappa shape index (κ2) is 7.10. The van der Waals surface area contributed by atoms with Crippen LogP contribution in [0.5, 0.6) is 0 Å². The Morgan fingerprint density at radius 2 is 2.35 bits per heavy atom. The van der Waals surface area contributed by atoms with E-state index < -0.39 is 0 Å².